The van der Waals surface area contributed by atoms with Crippen molar-refractivity contribution in [1.82, 2.24) is 0 Å². The van der Waals surface area contributed by atoms with Crippen LogP contribution in [0.15, 0.2) is 35.7 Å². The molecule has 1 aliphatic heterocycles. The normalized spacial score (nSPS) is 15.8. The minimum absolute atomic E-state index is 0.0619. The number of para-hydroxylation sites is 1. The first-order valence-corrected chi connectivity index (χ1v) is 8.14. The van der Waals surface area contributed by atoms with Crippen molar-refractivity contribution < 1.29 is 33.3 Å². The van der Waals surface area contributed by atoms with E-state index < -0.39 is 29.7 Å². The van der Waals surface area contributed by atoms with Crippen LogP contribution in [-0.2, 0) is 28.6 Å². The molecule has 0 bridgehead atoms. The molecule has 0 aromatic heterocycles. The molecular weight excluding hydrogens is 342 g/mol. The fourth-order valence-corrected chi connectivity index (χ4v) is 2.83. The van der Waals surface area contributed by atoms with Gasteiger partial charge in [0.2, 0.25) is 5.88 Å². The van der Waals surface area contributed by atoms with Crippen LogP contribution in [0.25, 0.3) is 0 Å². The van der Waals surface area contributed by atoms with Gasteiger partial charge in [-0.2, -0.15) is 0 Å². The van der Waals surface area contributed by atoms with Crippen molar-refractivity contribution in [2.45, 2.75) is 19.8 Å². The van der Waals surface area contributed by atoms with Gasteiger partial charge in [0.1, 0.15) is 11.3 Å². The Balaban J connectivity index is 2.65. The third-order valence-corrected chi connectivity index (χ3v) is 3.87. The number of carbonyl (C=O) groups is 3. The second kappa shape index (κ2) is 8.37. The van der Waals surface area contributed by atoms with Crippen LogP contribution in [0.4, 0.5) is 0 Å². The molecule has 8 heteroatoms. The van der Waals surface area contributed by atoms with E-state index in [9.17, 15) is 14.4 Å². The van der Waals surface area contributed by atoms with E-state index in [1.165, 1.54) is 7.11 Å². The van der Waals surface area contributed by atoms with Gasteiger partial charge >= 0.3 is 17.9 Å². The summed E-state index contributed by atoms with van der Waals surface area (Å²) < 4.78 is 20.3. The second-order valence-corrected chi connectivity index (χ2v) is 5.37. The number of methoxy groups -OCH3 is 1. The molecule has 0 spiro atoms. The Morgan fingerprint density at radius 1 is 1.12 bits per heavy atom. The fraction of sp³-hybridized carbons (Fsp3) is 0.389. The van der Waals surface area contributed by atoms with E-state index in [1.807, 2.05) is 0 Å². The standard InChI is InChI=1S/C18H21NO7/c1-4-24-17(21)14(18(22)25-5-2)12-10-8-6-7-9-11(10)26-15(19)13(12)16(20)23-3/h6-9,12,14H,4-5,19H2,1-3H3. The van der Waals surface area contributed by atoms with Crippen molar-refractivity contribution in [1.29, 1.82) is 0 Å². The average molecular weight is 363 g/mol. The van der Waals surface area contributed by atoms with E-state index in [0.717, 1.165) is 0 Å². The van der Waals surface area contributed by atoms with Gasteiger partial charge in [0.05, 0.1) is 20.3 Å². The van der Waals surface area contributed by atoms with E-state index in [0.29, 0.717) is 11.3 Å². The largest absolute Gasteiger partial charge is 0.465 e. The van der Waals surface area contributed by atoms with Crippen LogP contribution in [0.5, 0.6) is 5.75 Å². The minimum atomic E-state index is -1.42. The lowest BCUT2D eigenvalue weighted by Crippen LogP contribution is -2.39. The molecule has 1 aromatic carbocycles. The van der Waals surface area contributed by atoms with Crippen LogP contribution in [0.3, 0.4) is 0 Å². The second-order valence-electron chi connectivity index (χ2n) is 5.37. The first-order chi connectivity index (χ1) is 12.5. The topological polar surface area (TPSA) is 114 Å². The summed E-state index contributed by atoms with van der Waals surface area (Å²) in [5.41, 5.74) is 6.21. The molecule has 1 heterocycles. The van der Waals surface area contributed by atoms with Crippen LogP contribution in [0, 0.1) is 5.92 Å². The molecule has 1 aromatic rings. The van der Waals surface area contributed by atoms with Crippen LogP contribution in [0.1, 0.15) is 25.3 Å². The van der Waals surface area contributed by atoms with Crippen LogP contribution in [-0.4, -0.2) is 38.2 Å². The number of fused-ring (bicyclic) bond motifs is 1. The van der Waals surface area contributed by atoms with Crippen molar-refractivity contribution in [2.24, 2.45) is 11.7 Å². The minimum Gasteiger partial charge on any atom is -0.465 e. The molecule has 0 saturated heterocycles. The van der Waals surface area contributed by atoms with Crippen molar-refractivity contribution in [3.8, 4) is 5.75 Å². The van der Waals surface area contributed by atoms with E-state index in [2.05, 4.69) is 0 Å². The highest BCUT2D eigenvalue weighted by molar-refractivity contribution is 6.01. The molecular formula is C18H21NO7. The maximum Gasteiger partial charge on any atom is 0.339 e. The van der Waals surface area contributed by atoms with E-state index in [4.69, 9.17) is 24.7 Å². The van der Waals surface area contributed by atoms with Gasteiger partial charge in [-0.15, -0.1) is 0 Å². The number of hydrogen-bond donors (Lipinski definition) is 1. The molecule has 0 fully saturated rings. The van der Waals surface area contributed by atoms with E-state index >= 15 is 0 Å². The molecule has 0 amide bonds. The summed E-state index contributed by atoms with van der Waals surface area (Å²) in [6, 6.07) is 6.66. The highest BCUT2D eigenvalue weighted by Crippen LogP contribution is 2.43. The number of rotatable bonds is 6. The van der Waals surface area contributed by atoms with Crippen molar-refractivity contribution in [3.05, 3.63) is 41.3 Å². The maximum atomic E-state index is 12.6. The van der Waals surface area contributed by atoms with Gasteiger partial charge in [0, 0.05) is 11.5 Å². The van der Waals surface area contributed by atoms with Gasteiger partial charge in [-0.05, 0) is 19.9 Å². The summed E-state index contributed by atoms with van der Waals surface area (Å²) in [6.07, 6.45) is 0. The average Bonchev–Trinajstić information content (AvgIpc) is 2.61. The van der Waals surface area contributed by atoms with Crippen LogP contribution >= 0.6 is 0 Å². The predicted molar refractivity (Wildman–Crippen MR) is 89.8 cm³/mol. The number of nitrogens with two attached hydrogens (primary N) is 1. The van der Waals surface area contributed by atoms with E-state index in [-0.39, 0.29) is 24.7 Å². The zero-order valence-corrected chi connectivity index (χ0v) is 14.8. The molecule has 1 unspecified atom stereocenters. The first kappa shape index (κ1) is 19.3. The zero-order valence-electron chi connectivity index (χ0n) is 14.8. The number of carbonyl (C=O) groups excluding carboxylic acids is 3. The van der Waals surface area contributed by atoms with Crippen molar-refractivity contribution in [3.63, 3.8) is 0 Å². The third kappa shape index (κ3) is 3.63. The lowest BCUT2D eigenvalue weighted by Gasteiger charge is -2.31. The van der Waals surface area contributed by atoms with Crippen molar-refractivity contribution in [2.75, 3.05) is 20.3 Å². The predicted octanol–water partition coefficient (Wildman–Crippen LogP) is 1.25. The SMILES string of the molecule is CCOC(=O)C(C(=O)OCC)C1C(C(=O)OC)=C(N)Oc2ccccc21. The molecule has 1 aliphatic rings. The molecule has 0 aliphatic carbocycles. The Bertz CT molecular complexity index is 723. The summed E-state index contributed by atoms with van der Waals surface area (Å²) in [6.45, 7) is 3.35. The highest BCUT2D eigenvalue weighted by Gasteiger charge is 2.47. The van der Waals surface area contributed by atoms with E-state index in [1.54, 1.807) is 38.1 Å². The first-order valence-electron chi connectivity index (χ1n) is 8.14. The molecule has 8 nitrogen and oxygen atoms in total. The Labute approximate surface area is 150 Å². The molecule has 1 atom stereocenters. The van der Waals surface area contributed by atoms with Gasteiger partial charge in [-0.1, -0.05) is 18.2 Å². The van der Waals surface area contributed by atoms with Crippen LogP contribution in [0.2, 0.25) is 0 Å². The zero-order chi connectivity index (χ0) is 19.3. The van der Waals surface area contributed by atoms with Crippen LogP contribution < -0.4 is 10.5 Å². The monoisotopic (exact) mass is 363 g/mol. The Morgan fingerprint density at radius 2 is 1.69 bits per heavy atom. The third-order valence-electron chi connectivity index (χ3n) is 3.87. The lowest BCUT2D eigenvalue weighted by atomic mass is 9.78. The van der Waals surface area contributed by atoms with Crippen molar-refractivity contribution >= 4 is 17.9 Å². The van der Waals surface area contributed by atoms with Gasteiger partial charge in [-0.3, -0.25) is 9.59 Å². The molecule has 26 heavy (non-hydrogen) atoms. The van der Waals surface area contributed by atoms with Gasteiger partial charge in [0.15, 0.2) is 5.92 Å². The smallest absolute Gasteiger partial charge is 0.339 e. The van der Waals surface area contributed by atoms with Gasteiger partial charge in [0.25, 0.3) is 0 Å². The quantitative estimate of drug-likeness (QED) is 0.456. The Hall–Kier alpha value is -3.03. The molecule has 0 saturated carbocycles. The molecule has 2 N–H and O–H groups in total. The number of ether oxygens (including phenoxy) is 4. The summed E-state index contributed by atoms with van der Waals surface area (Å²) in [5.74, 6) is -4.82. The summed E-state index contributed by atoms with van der Waals surface area (Å²) >= 11 is 0. The number of esters is 3. The summed E-state index contributed by atoms with van der Waals surface area (Å²) in [7, 11) is 1.17. The number of hydrogen-bond acceptors (Lipinski definition) is 8. The fourth-order valence-electron chi connectivity index (χ4n) is 2.83. The van der Waals surface area contributed by atoms with Gasteiger partial charge < -0.3 is 24.7 Å². The molecule has 2 rings (SSSR count). The lowest BCUT2D eigenvalue weighted by molar-refractivity contribution is -0.162. The highest BCUT2D eigenvalue weighted by atomic mass is 16.6. The Kier molecular flexibility index (Phi) is 6.21. The van der Waals surface area contributed by atoms with Gasteiger partial charge in [-0.25, -0.2) is 4.79 Å². The molecule has 140 valence electrons. The Morgan fingerprint density at radius 3 is 2.23 bits per heavy atom. The molecule has 0 radical (unpaired) electrons. The number of benzene rings is 1. The maximum absolute atomic E-state index is 12.6. The summed E-state index contributed by atoms with van der Waals surface area (Å²) in [4.78, 5) is 37.4. The summed E-state index contributed by atoms with van der Waals surface area (Å²) in [5, 5.41) is 0.